The monoisotopic (exact) mass is 262 g/mol. The summed E-state index contributed by atoms with van der Waals surface area (Å²) >= 11 is 1.29. The molecule has 0 saturated heterocycles. The lowest BCUT2D eigenvalue weighted by atomic mass is 10.2. The van der Waals surface area contributed by atoms with Gasteiger partial charge in [-0.05, 0) is 23.8 Å². The molecule has 4 heteroatoms. The van der Waals surface area contributed by atoms with Crippen molar-refractivity contribution in [3.8, 4) is 0 Å². The first kappa shape index (κ1) is 12.6. The number of carboxylic acid groups (broad SMARTS) is 1. The van der Waals surface area contributed by atoms with E-state index in [-0.39, 0.29) is 11.4 Å². The summed E-state index contributed by atoms with van der Waals surface area (Å²) in [4.78, 5) is 11.2. The SMILES string of the molecule is O=C(O)c1ccc(F)c(SCc2ccccc2)c1. The van der Waals surface area contributed by atoms with E-state index in [0.717, 1.165) is 5.56 Å². The van der Waals surface area contributed by atoms with E-state index in [0.29, 0.717) is 10.6 Å². The average Bonchev–Trinajstić information content (AvgIpc) is 2.38. The number of hydrogen-bond acceptors (Lipinski definition) is 2. The summed E-state index contributed by atoms with van der Waals surface area (Å²) in [7, 11) is 0. The molecule has 0 spiro atoms. The van der Waals surface area contributed by atoms with Crippen molar-refractivity contribution in [2.24, 2.45) is 0 Å². The van der Waals surface area contributed by atoms with Crippen LogP contribution in [0.5, 0.6) is 0 Å². The molecule has 2 aromatic carbocycles. The minimum atomic E-state index is -1.04. The lowest BCUT2D eigenvalue weighted by Gasteiger charge is -2.04. The molecule has 2 aromatic rings. The average molecular weight is 262 g/mol. The van der Waals surface area contributed by atoms with Crippen LogP contribution < -0.4 is 0 Å². The third-order valence-electron chi connectivity index (χ3n) is 2.42. The number of aromatic carboxylic acids is 1. The number of carboxylic acids is 1. The molecule has 0 unspecified atom stereocenters. The molecule has 92 valence electrons. The maximum absolute atomic E-state index is 13.5. The molecule has 0 bridgehead atoms. The second-order valence-corrected chi connectivity index (χ2v) is 4.74. The van der Waals surface area contributed by atoms with E-state index in [1.54, 1.807) is 0 Å². The molecular weight excluding hydrogens is 251 g/mol. The fraction of sp³-hybridized carbons (Fsp3) is 0.0714. The molecule has 2 rings (SSSR count). The van der Waals surface area contributed by atoms with Crippen LogP contribution in [0.4, 0.5) is 4.39 Å². The predicted molar refractivity (Wildman–Crippen MR) is 69.4 cm³/mol. The van der Waals surface area contributed by atoms with Crippen LogP contribution in [-0.2, 0) is 5.75 Å². The minimum Gasteiger partial charge on any atom is -0.478 e. The van der Waals surface area contributed by atoms with Crippen molar-refractivity contribution in [1.82, 2.24) is 0 Å². The van der Waals surface area contributed by atoms with Gasteiger partial charge in [-0.1, -0.05) is 30.3 Å². The Kier molecular flexibility index (Phi) is 3.99. The largest absolute Gasteiger partial charge is 0.478 e. The van der Waals surface area contributed by atoms with Crippen molar-refractivity contribution in [1.29, 1.82) is 0 Å². The van der Waals surface area contributed by atoms with Crippen molar-refractivity contribution in [3.05, 3.63) is 65.5 Å². The maximum atomic E-state index is 13.5. The van der Waals surface area contributed by atoms with Gasteiger partial charge in [0.15, 0.2) is 0 Å². The Bertz CT molecular complexity index is 555. The third-order valence-corrected chi connectivity index (χ3v) is 3.52. The van der Waals surface area contributed by atoms with Crippen molar-refractivity contribution >= 4 is 17.7 Å². The molecule has 0 heterocycles. The first-order chi connectivity index (χ1) is 8.66. The molecule has 0 aromatic heterocycles. The van der Waals surface area contributed by atoms with Crippen LogP contribution in [0.1, 0.15) is 15.9 Å². The maximum Gasteiger partial charge on any atom is 0.335 e. The zero-order valence-corrected chi connectivity index (χ0v) is 10.3. The van der Waals surface area contributed by atoms with Gasteiger partial charge < -0.3 is 5.11 Å². The highest BCUT2D eigenvalue weighted by Crippen LogP contribution is 2.26. The van der Waals surface area contributed by atoms with E-state index in [9.17, 15) is 9.18 Å². The Morgan fingerprint density at radius 1 is 1.17 bits per heavy atom. The van der Waals surface area contributed by atoms with E-state index in [1.165, 1.54) is 30.0 Å². The molecule has 0 fully saturated rings. The molecule has 0 aliphatic heterocycles. The van der Waals surface area contributed by atoms with Crippen LogP contribution >= 0.6 is 11.8 Å². The van der Waals surface area contributed by atoms with E-state index < -0.39 is 5.97 Å². The quantitative estimate of drug-likeness (QED) is 0.851. The van der Waals surface area contributed by atoms with Crippen LogP contribution in [0, 0.1) is 5.82 Å². The van der Waals surface area contributed by atoms with Crippen molar-refractivity contribution < 1.29 is 14.3 Å². The first-order valence-electron chi connectivity index (χ1n) is 5.36. The van der Waals surface area contributed by atoms with Crippen LogP contribution in [0.15, 0.2) is 53.4 Å². The number of thioether (sulfide) groups is 1. The Balaban J connectivity index is 2.14. The van der Waals surface area contributed by atoms with Crippen LogP contribution in [0.25, 0.3) is 0 Å². The standard InChI is InChI=1S/C14H11FO2S/c15-12-7-6-11(14(16)17)8-13(12)18-9-10-4-2-1-3-5-10/h1-8H,9H2,(H,16,17). The molecule has 0 aliphatic carbocycles. The first-order valence-corrected chi connectivity index (χ1v) is 6.35. The molecule has 0 aliphatic rings. The molecule has 0 atom stereocenters. The highest BCUT2D eigenvalue weighted by Gasteiger charge is 2.08. The fourth-order valence-corrected chi connectivity index (χ4v) is 2.41. The second-order valence-electron chi connectivity index (χ2n) is 3.72. The summed E-state index contributed by atoms with van der Waals surface area (Å²) in [5.41, 5.74) is 1.18. The number of halogens is 1. The van der Waals surface area contributed by atoms with Gasteiger partial charge in [-0.2, -0.15) is 0 Å². The van der Waals surface area contributed by atoms with E-state index in [4.69, 9.17) is 5.11 Å². The molecule has 0 radical (unpaired) electrons. The number of hydrogen-bond donors (Lipinski definition) is 1. The van der Waals surface area contributed by atoms with Gasteiger partial charge in [0.25, 0.3) is 0 Å². The molecule has 1 N–H and O–H groups in total. The van der Waals surface area contributed by atoms with Gasteiger partial charge in [0, 0.05) is 10.6 Å². The van der Waals surface area contributed by atoms with Gasteiger partial charge in [0.2, 0.25) is 0 Å². The molecule has 0 amide bonds. The van der Waals surface area contributed by atoms with E-state index in [1.807, 2.05) is 30.3 Å². The van der Waals surface area contributed by atoms with Crippen molar-refractivity contribution in [2.45, 2.75) is 10.6 Å². The van der Waals surface area contributed by atoms with Gasteiger partial charge in [-0.25, -0.2) is 9.18 Å². The van der Waals surface area contributed by atoms with Crippen molar-refractivity contribution in [3.63, 3.8) is 0 Å². The third kappa shape index (κ3) is 3.11. The van der Waals surface area contributed by atoms with E-state index in [2.05, 4.69) is 0 Å². The number of rotatable bonds is 4. The fourth-order valence-electron chi connectivity index (χ4n) is 1.48. The lowest BCUT2D eigenvalue weighted by molar-refractivity contribution is 0.0696. The summed E-state index contributed by atoms with van der Waals surface area (Å²) in [5, 5.41) is 8.85. The predicted octanol–water partition coefficient (Wildman–Crippen LogP) is 3.82. The van der Waals surface area contributed by atoms with Crippen molar-refractivity contribution in [2.75, 3.05) is 0 Å². The Labute approximate surface area is 108 Å². The van der Waals surface area contributed by atoms with E-state index >= 15 is 0 Å². The van der Waals surface area contributed by atoms with Crippen LogP contribution in [-0.4, -0.2) is 11.1 Å². The summed E-state index contributed by atoms with van der Waals surface area (Å²) in [6.45, 7) is 0. The zero-order valence-electron chi connectivity index (χ0n) is 9.47. The minimum absolute atomic E-state index is 0.104. The Morgan fingerprint density at radius 2 is 1.89 bits per heavy atom. The summed E-state index contributed by atoms with van der Waals surface area (Å²) < 4.78 is 13.5. The van der Waals surface area contributed by atoms with Crippen LogP contribution in [0.2, 0.25) is 0 Å². The van der Waals surface area contributed by atoms with Gasteiger partial charge in [-0.3, -0.25) is 0 Å². The molecular formula is C14H11FO2S. The van der Waals surface area contributed by atoms with Gasteiger partial charge in [-0.15, -0.1) is 11.8 Å². The van der Waals surface area contributed by atoms with Gasteiger partial charge >= 0.3 is 5.97 Å². The summed E-state index contributed by atoms with van der Waals surface area (Å²) in [6, 6.07) is 13.5. The molecule has 2 nitrogen and oxygen atoms in total. The zero-order chi connectivity index (χ0) is 13.0. The summed E-state index contributed by atoms with van der Waals surface area (Å²) in [6.07, 6.45) is 0. The smallest absolute Gasteiger partial charge is 0.335 e. The highest BCUT2D eigenvalue weighted by molar-refractivity contribution is 7.98. The number of benzene rings is 2. The van der Waals surface area contributed by atoms with Crippen LogP contribution in [0.3, 0.4) is 0 Å². The molecule has 18 heavy (non-hydrogen) atoms. The van der Waals surface area contributed by atoms with Gasteiger partial charge in [0.05, 0.1) is 5.56 Å². The Hall–Kier alpha value is -1.81. The van der Waals surface area contributed by atoms with Gasteiger partial charge in [0.1, 0.15) is 5.82 Å². The molecule has 0 saturated carbocycles. The number of carbonyl (C=O) groups is 1. The topological polar surface area (TPSA) is 37.3 Å². The second kappa shape index (κ2) is 5.69. The normalized spacial score (nSPS) is 10.3. The summed E-state index contributed by atoms with van der Waals surface area (Å²) in [5.74, 6) is -0.821. The lowest BCUT2D eigenvalue weighted by Crippen LogP contribution is -1.97. The highest BCUT2D eigenvalue weighted by atomic mass is 32.2. The Morgan fingerprint density at radius 3 is 2.56 bits per heavy atom.